The van der Waals surface area contributed by atoms with Crippen LogP contribution in [-0.4, -0.2) is 46.2 Å². The Balaban J connectivity index is 2.76. The van der Waals surface area contributed by atoms with Crippen molar-refractivity contribution in [3.63, 3.8) is 0 Å². The van der Waals surface area contributed by atoms with Crippen LogP contribution in [0.25, 0.3) is 0 Å². The summed E-state index contributed by atoms with van der Waals surface area (Å²) in [6, 6.07) is -0.136. The lowest BCUT2D eigenvalue weighted by Gasteiger charge is -2.32. The molecule has 1 saturated heterocycles. The lowest BCUT2D eigenvalue weighted by Crippen LogP contribution is -2.43. The van der Waals surface area contributed by atoms with Crippen molar-refractivity contribution < 1.29 is 19.8 Å². The first-order valence-electron chi connectivity index (χ1n) is 6.46. The molecule has 1 aliphatic rings. The van der Waals surface area contributed by atoms with Crippen LogP contribution in [0.5, 0.6) is 0 Å². The molecule has 0 spiro atoms. The highest BCUT2D eigenvalue weighted by atomic mass is 16.4. The molecular formula is C13H23NO4. The van der Waals surface area contributed by atoms with E-state index >= 15 is 0 Å². The Morgan fingerprint density at radius 3 is 2.50 bits per heavy atom. The fourth-order valence-corrected chi connectivity index (χ4v) is 2.30. The van der Waals surface area contributed by atoms with Crippen molar-refractivity contribution in [2.75, 3.05) is 13.2 Å². The minimum atomic E-state index is -1.04. The third-order valence-electron chi connectivity index (χ3n) is 4.19. The number of rotatable bonds is 5. The van der Waals surface area contributed by atoms with Crippen LogP contribution in [0.4, 0.5) is 0 Å². The fraction of sp³-hybridized carbons (Fsp3) is 0.846. The van der Waals surface area contributed by atoms with Gasteiger partial charge in [-0.05, 0) is 25.7 Å². The van der Waals surface area contributed by atoms with E-state index in [0.717, 1.165) is 12.8 Å². The number of amides is 1. The maximum absolute atomic E-state index is 12.2. The van der Waals surface area contributed by atoms with Gasteiger partial charge in [-0.1, -0.05) is 13.8 Å². The Morgan fingerprint density at radius 1 is 1.44 bits per heavy atom. The summed E-state index contributed by atoms with van der Waals surface area (Å²) in [5, 5.41) is 18.5. The van der Waals surface area contributed by atoms with Gasteiger partial charge in [0.25, 0.3) is 0 Å². The number of aliphatic hydroxyl groups excluding tert-OH is 1. The highest BCUT2D eigenvalue weighted by Gasteiger charge is 2.41. The van der Waals surface area contributed by atoms with Gasteiger partial charge < -0.3 is 15.1 Å². The summed E-state index contributed by atoms with van der Waals surface area (Å²) in [4.78, 5) is 25.2. The molecule has 0 saturated carbocycles. The van der Waals surface area contributed by atoms with Crippen molar-refractivity contribution in [2.24, 2.45) is 11.3 Å². The van der Waals surface area contributed by atoms with Gasteiger partial charge in [0.05, 0.1) is 18.1 Å². The van der Waals surface area contributed by atoms with Crippen LogP contribution >= 0.6 is 0 Å². The number of hydrogen-bond acceptors (Lipinski definition) is 3. The number of carboxylic acid groups (broad SMARTS) is 1. The average Bonchev–Trinajstić information content (AvgIpc) is 2.76. The molecule has 0 aromatic rings. The molecule has 0 radical (unpaired) electrons. The predicted octanol–water partition coefficient (Wildman–Crippen LogP) is 1.11. The van der Waals surface area contributed by atoms with Crippen LogP contribution in [0.2, 0.25) is 0 Å². The van der Waals surface area contributed by atoms with E-state index in [9.17, 15) is 19.8 Å². The van der Waals surface area contributed by atoms with Gasteiger partial charge in [-0.2, -0.15) is 0 Å². The fourth-order valence-electron chi connectivity index (χ4n) is 2.30. The van der Waals surface area contributed by atoms with E-state index in [2.05, 4.69) is 0 Å². The number of carbonyl (C=O) groups excluding carboxylic acids is 1. The van der Waals surface area contributed by atoms with E-state index in [1.807, 2.05) is 13.8 Å². The van der Waals surface area contributed by atoms with Crippen LogP contribution < -0.4 is 0 Å². The number of carbonyl (C=O) groups is 2. The molecule has 1 rings (SSSR count). The molecule has 1 heterocycles. The largest absolute Gasteiger partial charge is 0.481 e. The lowest BCUT2D eigenvalue weighted by atomic mass is 9.76. The molecule has 1 fully saturated rings. The molecule has 1 amide bonds. The van der Waals surface area contributed by atoms with Gasteiger partial charge in [-0.25, -0.2) is 0 Å². The Kier molecular flexibility index (Phi) is 4.73. The van der Waals surface area contributed by atoms with Gasteiger partial charge in [0.15, 0.2) is 0 Å². The lowest BCUT2D eigenvalue weighted by molar-refractivity contribution is -0.155. The van der Waals surface area contributed by atoms with Gasteiger partial charge in [-0.3, -0.25) is 9.59 Å². The van der Waals surface area contributed by atoms with E-state index in [-0.39, 0.29) is 30.9 Å². The van der Waals surface area contributed by atoms with E-state index in [1.165, 1.54) is 0 Å². The van der Waals surface area contributed by atoms with Crippen LogP contribution in [-0.2, 0) is 9.59 Å². The maximum Gasteiger partial charge on any atom is 0.310 e. The minimum absolute atomic E-state index is 0.00347. The zero-order valence-electron chi connectivity index (χ0n) is 11.3. The van der Waals surface area contributed by atoms with Crippen molar-refractivity contribution in [1.29, 1.82) is 0 Å². The number of likely N-dealkylation sites (tertiary alicyclic amines) is 1. The number of nitrogens with zero attached hydrogens (tertiary/aromatic N) is 1. The molecule has 5 heteroatoms. The van der Waals surface area contributed by atoms with Gasteiger partial charge in [-0.15, -0.1) is 0 Å². The SMILES string of the molecule is CC(C)C(C)(CC(=O)N1CCC[C@@H]1CO)C(=O)O. The number of hydrogen-bond donors (Lipinski definition) is 2. The molecule has 1 aliphatic heterocycles. The Labute approximate surface area is 108 Å². The van der Waals surface area contributed by atoms with Gasteiger partial charge in [0.1, 0.15) is 0 Å². The number of carboxylic acids is 1. The van der Waals surface area contributed by atoms with Crippen molar-refractivity contribution >= 4 is 11.9 Å². The van der Waals surface area contributed by atoms with Crippen molar-refractivity contribution in [3.05, 3.63) is 0 Å². The van der Waals surface area contributed by atoms with Crippen LogP contribution in [0, 0.1) is 11.3 Å². The van der Waals surface area contributed by atoms with Crippen LogP contribution in [0.3, 0.4) is 0 Å². The van der Waals surface area contributed by atoms with Crippen molar-refractivity contribution in [1.82, 2.24) is 4.90 Å². The molecule has 0 bridgehead atoms. The summed E-state index contributed by atoms with van der Waals surface area (Å²) in [5.41, 5.74) is -1.04. The summed E-state index contributed by atoms with van der Waals surface area (Å²) in [6.07, 6.45) is 1.67. The second-order valence-electron chi connectivity index (χ2n) is 5.62. The second-order valence-corrected chi connectivity index (χ2v) is 5.62. The number of aliphatic hydroxyl groups is 1. The summed E-state index contributed by atoms with van der Waals surface area (Å²) >= 11 is 0. The minimum Gasteiger partial charge on any atom is -0.481 e. The normalized spacial score (nSPS) is 23.2. The molecule has 2 atom stereocenters. The molecule has 0 aromatic heterocycles. The molecule has 0 aromatic carbocycles. The summed E-state index contributed by atoms with van der Waals surface area (Å²) in [6.45, 7) is 5.82. The van der Waals surface area contributed by atoms with Crippen molar-refractivity contribution in [3.8, 4) is 0 Å². The van der Waals surface area contributed by atoms with Crippen molar-refractivity contribution in [2.45, 2.75) is 46.1 Å². The summed E-state index contributed by atoms with van der Waals surface area (Å²) in [5.74, 6) is -1.22. The Morgan fingerprint density at radius 2 is 2.06 bits per heavy atom. The highest BCUT2D eigenvalue weighted by molar-refractivity contribution is 5.85. The molecule has 104 valence electrons. The number of aliphatic carboxylic acids is 1. The topological polar surface area (TPSA) is 77.8 Å². The van der Waals surface area contributed by atoms with E-state index in [1.54, 1.807) is 11.8 Å². The zero-order chi connectivity index (χ0) is 13.9. The molecular weight excluding hydrogens is 234 g/mol. The Hall–Kier alpha value is -1.10. The third-order valence-corrected chi connectivity index (χ3v) is 4.19. The first kappa shape index (κ1) is 15.0. The molecule has 2 N–H and O–H groups in total. The van der Waals surface area contributed by atoms with Gasteiger partial charge >= 0.3 is 5.97 Å². The highest BCUT2D eigenvalue weighted by Crippen LogP contribution is 2.33. The summed E-state index contributed by atoms with van der Waals surface area (Å²) < 4.78 is 0. The molecule has 1 unspecified atom stereocenters. The van der Waals surface area contributed by atoms with Crippen LogP contribution in [0.1, 0.15) is 40.0 Å². The monoisotopic (exact) mass is 257 g/mol. The van der Waals surface area contributed by atoms with Crippen LogP contribution in [0.15, 0.2) is 0 Å². The molecule has 18 heavy (non-hydrogen) atoms. The van der Waals surface area contributed by atoms with Gasteiger partial charge in [0.2, 0.25) is 5.91 Å². The van der Waals surface area contributed by atoms with E-state index in [4.69, 9.17) is 0 Å². The maximum atomic E-state index is 12.2. The first-order chi connectivity index (χ1) is 8.32. The second kappa shape index (κ2) is 5.69. The van der Waals surface area contributed by atoms with E-state index in [0.29, 0.717) is 6.54 Å². The predicted molar refractivity (Wildman–Crippen MR) is 67.0 cm³/mol. The molecule has 0 aliphatic carbocycles. The zero-order valence-corrected chi connectivity index (χ0v) is 11.3. The molecule has 5 nitrogen and oxygen atoms in total. The average molecular weight is 257 g/mol. The third kappa shape index (κ3) is 2.83. The van der Waals surface area contributed by atoms with E-state index < -0.39 is 11.4 Å². The van der Waals surface area contributed by atoms with Gasteiger partial charge in [0, 0.05) is 13.0 Å². The smallest absolute Gasteiger partial charge is 0.310 e. The summed E-state index contributed by atoms with van der Waals surface area (Å²) in [7, 11) is 0. The first-order valence-corrected chi connectivity index (χ1v) is 6.46. The Bertz CT molecular complexity index is 329. The quantitative estimate of drug-likeness (QED) is 0.773. The standard InChI is InChI=1S/C13H23NO4/c1-9(2)13(3,12(17)18)7-11(16)14-6-4-5-10(14)8-15/h9-10,15H,4-8H2,1-3H3,(H,17,18)/t10-,13?/m1/s1.